The van der Waals surface area contributed by atoms with E-state index in [1.165, 1.54) is 6.20 Å². The summed E-state index contributed by atoms with van der Waals surface area (Å²) >= 11 is 6.14. The first-order chi connectivity index (χ1) is 11.1. The van der Waals surface area contributed by atoms with Crippen LogP contribution in [0.25, 0.3) is 11.3 Å². The van der Waals surface area contributed by atoms with Crippen molar-refractivity contribution in [2.75, 3.05) is 30.7 Å². The lowest BCUT2D eigenvalue weighted by Gasteiger charge is -2.16. The number of halogens is 1. The summed E-state index contributed by atoms with van der Waals surface area (Å²) in [5.41, 5.74) is 7.00. The maximum Gasteiger partial charge on any atom is 0.222 e. The monoisotopic (exact) mass is 332 g/mol. The molecule has 1 aliphatic rings. The molecule has 0 bridgehead atoms. The highest BCUT2D eigenvalue weighted by Crippen LogP contribution is 2.27. The number of amides is 1. The van der Waals surface area contributed by atoms with Gasteiger partial charge in [0.1, 0.15) is 11.6 Å². The zero-order valence-electron chi connectivity index (χ0n) is 12.5. The lowest BCUT2D eigenvalue weighted by atomic mass is 10.2. The third-order valence-electron chi connectivity index (χ3n) is 3.65. The van der Waals surface area contributed by atoms with Crippen molar-refractivity contribution in [1.82, 2.24) is 19.9 Å². The lowest BCUT2D eigenvalue weighted by Crippen LogP contribution is -2.30. The average molecular weight is 333 g/mol. The SMILES string of the molecule is Nc1cc(-c2cncc(NCCN3CCCC3=O)n2)c(Cl)cn1. The Balaban J connectivity index is 1.67. The molecule has 1 aliphatic heterocycles. The minimum atomic E-state index is 0.214. The van der Waals surface area contributed by atoms with Gasteiger partial charge in [-0.15, -0.1) is 0 Å². The van der Waals surface area contributed by atoms with Gasteiger partial charge in [0.2, 0.25) is 5.91 Å². The van der Waals surface area contributed by atoms with Gasteiger partial charge in [0, 0.05) is 37.8 Å². The number of pyridine rings is 1. The molecule has 2 aromatic heterocycles. The van der Waals surface area contributed by atoms with Gasteiger partial charge in [0.25, 0.3) is 0 Å². The summed E-state index contributed by atoms with van der Waals surface area (Å²) in [4.78, 5) is 26.0. The van der Waals surface area contributed by atoms with Crippen molar-refractivity contribution in [2.45, 2.75) is 12.8 Å². The maximum atomic E-state index is 11.6. The van der Waals surface area contributed by atoms with E-state index in [-0.39, 0.29) is 5.91 Å². The van der Waals surface area contributed by atoms with Crippen LogP contribution >= 0.6 is 11.6 Å². The highest BCUT2D eigenvalue weighted by Gasteiger charge is 2.19. The summed E-state index contributed by atoms with van der Waals surface area (Å²) in [6.07, 6.45) is 6.34. The van der Waals surface area contributed by atoms with Crippen LogP contribution in [-0.4, -0.2) is 45.4 Å². The summed E-state index contributed by atoms with van der Waals surface area (Å²) in [6, 6.07) is 1.67. The number of carbonyl (C=O) groups excluding carboxylic acids is 1. The van der Waals surface area contributed by atoms with Gasteiger partial charge in [-0.2, -0.15) is 0 Å². The fourth-order valence-corrected chi connectivity index (χ4v) is 2.69. The molecular weight excluding hydrogens is 316 g/mol. The van der Waals surface area contributed by atoms with Gasteiger partial charge in [0.05, 0.1) is 23.1 Å². The van der Waals surface area contributed by atoms with Crippen LogP contribution in [0.3, 0.4) is 0 Å². The zero-order chi connectivity index (χ0) is 16.2. The number of rotatable bonds is 5. The van der Waals surface area contributed by atoms with Crippen LogP contribution in [0.1, 0.15) is 12.8 Å². The van der Waals surface area contributed by atoms with Crippen LogP contribution in [-0.2, 0) is 4.79 Å². The molecule has 7 nitrogen and oxygen atoms in total. The molecule has 1 fully saturated rings. The normalized spacial score (nSPS) is 14.3. The summed E-state index contributed by atoms with van der Waals surface area (Å²) in [5, 5.41) is 3.64. The predicted octanol–water partition coefficient (Wildman–Crippen LogP) is 1.81. The maximum absolute atomic E-state index is 11.6. The molecule has 0 radical (unpaired) electrons. The molecule has 0 unspecified atom stereocenters. The van der Waals surface area contributed by atoms with Crippen molar-refractivity contribution >= 4 is 29.1 Å². The van der Waals surface area contributed by atoms with Crippen molar-refractivity contribution in [2.24, 2.45) is 0 Å². The minimum Gasteiger partial charge on any atom is -0.384 e. The van der Waals surface area contributed by atoms with E-state index in [1.807, 2.05) is 4.90 Å². The molecule has 0 aromatic carbocycles. The second-order valence-electron chi connectivity index (χ2n) is 5.29. The minimum absolute atomic E-state index is 0.214. The standard InChI is InChI=1S/C15H17ClN6O/c16-11-7-20-13(17)6-10(11)12-8-18-9-14(21-12)19-3-5-22-4-1-2-15(22)23/h6-9H,1-5H2,(H2,17,20)(H,19,21). The Kier molecular flexibility index (Phi) is 4.57. The van der Waals surface area contributed by atoms with Gasteiger partial charge >= 0.3 is 0 Å². The van der Waals surface area contributed by atoms with E-state index in [9.17, 15) is 4.79 Å². The lowest BCUT2D eigenvalue weighted by molar-refractivity contribution is -0.127. The number of likely N-dealkylation sites (tertiary alicyclic amines) is 1. The van der Waals surface area contributed by atoms with Crippen LogP contribution in [0.5, 0.6) is 0 Å². The van der Waals surface area contributed by atoms with Crippen LogP contribution in [0.15, 0.2) is 24.7 Å². The molecular formula is C15H17ClN6O. The van der Waals surface area contributed by atoms with E-state index >= 15 is 0 Å². The van der Waals surface area contributed by atoms with Crippen molar-refractivity contribution in [3.05, 3.63) is 29.7 Å². The van der Waals surface area contributed by atoms with Crippen molar-refractivity contribution in [1.29, 1.82) is 0 Å². The average Bonchev–Trinajstić information content (AvgIpc) is 2.95. The van der Waals surface area contributed by atoms with Gasteiger partial charge in [-0.3, -0.25) is 9.78 Å². The summed E-state index contributed by atoms with van der Waals surface area (Å²) < 4.78 is 0. The molecule has 0 spiro atoms. The third-order valence-corrected chi connectivity index (χ3v) is 3.95. The van der Waals surface area contributed by atoms with E-state index in [0.29, 0.717) is 47.4 Å². The third kappa shape index (κ3) is 3.68. The summed E-state index contributed by atoms with van der Waals surface area (Å²) in [5.74, 6) is 1.21. The molecule has 2 aromatic rings. The Morgan fingerprint density at radius 3 is 3.00 bits per heavy atom. The first kappa shape index (κ1) is 15.5. The summed E-state index contributed by atoms with van der Waals surface area (Å²) in [6.45, 7) is 2.11. The second-order valence-corrected chi connectivity index (χ2v) is 5.70. The molecule has 1 saturated heterocycles. The van der Waals surface area contributed by atoms with Crippen molar-refractivity contribution < 1.29 is 4.79 Å². The molecule has 0 aliphatic carbocycles. The quantitative estimate of drug-likeness (QED) is 0.866. The second kappa shape index (κ2) is 6.78. The zero-order valence-corrected chi connectivity index (χ0v) is 13.3. The molecule has 8 heteroatoms. The van der Waals surface area contributed by atoms with E-state index < -0.39 is 0 Å². The summed E-state index contributed by atoms with van der Waals surface area (Å²) in [7, 11) is 0. The number of anilines is 2. The number of hydrogen-bond acceptors (Lipinski definition) is 6. The Bertz CT molecular complexity index is 723. The first-order valence-corrected chi connectivity index (χ1v) is 7.76. The van der Waals surface area contributed by atoms with E-state index in [0.717, 1.165) is 13.0 Å². The van der Waals surface area contributed by atoms with Crippen LogP contribution < -0.4 is 11.1 Å². The number of nitrogen functional groups attached to an aromatic ring is 1. The van der Waals surface area contributed by atoms with Gasteiger partial charge in [-0.25, -0.2) is 9.97 Å². The molecule has 23 heavy (non-hydrogen) atoms. The van der Waals surface area contributed by atoms with Crippen LogP contribution in [0, 0.1) is 0 Å². The highest BCUT2D eigenvalue weighted by molar-refractivity contribution is 6.33. The Hall–Kier alpha value is -2.41. The van der Waals surface area contributed by atoms with Gasteiger partial charge in [-0.1, -0.05) is 11.6 Å². The van der Waals surface area contributed by atoms with Gasteiger partial charge in [0.15, 0.2) is 0 Å². The molecule has 3 rings (SSSR count). The van der Waals surface area contributed by atoms with E-state index in [4.69, 9.17) is 17.3 Å². The fraction of sp³-hybridized carbons (Fsp3) is 0.333. The molecule has 3 N–H and O–H groups in total. The van der Waals surface area contributed by atoms with Crippen molar-refractivity contribution in [3.8, 4) is 11.3 Å². The first-order valence-electron chi connectivity index (χ1n) is 7.38. The molecule has 0 saturated carbocycles. The van der Waals surface area contributed by atoms with Gasteiger partial charge in [-0.05, 0) is 12.5 Å². The molecule has 1 amide bonds. The van der Waals surface area contributed by atoms with Crippen molar-refractivity contribution in [3.63, 3.8) is 0 Å². The molecule has 3 heterocycles. The van der Waals surface area contributed by atoms with Gasteiger partial charge < -0.3 is 16.0 Å². The number of nitrogens with zero attached hydrogens (tertiary/aromatic N) is 4. The number of aromatic nitrogens is 3. The Labute approximate surface area is 138 Å². The largest absolute Gasteiger partial charge is 0.384 e. The Morgan fingerprint density at radius 1 is 1.35 bits per heavy atom. The fourth-order valence-electron chi connectivity index (χ4n) is 2.49. The van der Waals surface area contributed by atoms with Crippen LogP contribution in [0.4, 0.5) is 11.6 Å². The topological polar surface area (TPSA) is 97.0 Å². The van der Waals surface area contributed by atoms with Crippen LogP contribution in [0.2, 0.25) is 5.02 Å². The smallest absolute Gasteiger partial charge is 0.222 e. The molecule has 120 valence electrons. The van der Waals surface area contributed by atoms with E-state index in [2.05, 4.69) is 20.3 Å². The predicted molar refractivity (Wildman–Crippen MR) is 89.0 cm³/mol. The number of carbonyl (C=O) groups is 1. The number of hydrogen-bond donors (Lipinski definition) is 2. The highest BCUT2D eigenvalue weighted by atomic mass is 35.5. The van der Waals surface area contributed by atoms with E-state index in [1.54, 1.807) is 18.5 Å². The Morgan fingerprint density at radius 2 is 2.22 bits per heavy atom. The number of nitrogens with one attached hydrogen (secondary N) is 1. The number of nitrogens with two attached hydrogens (primary N) is 1. The molecule has 0 atom stereocenters.